The largest absolute Gasteiger partial charge is 0.389 e. The van der Waals surface area contributed by atoms with Crippen LogP contribution in [0.25, 0.3) is 0 Å². The number of hydrogen-bond donors (Lipinski definition) is 2. The average Bonchev–Trinajstić information content (AvgIpc) is 2.47. The molecule has 3 N–H and O–H groups in total. The highest BCUT2D eigenvalue weighted by atomic mass is 32.2. The molecule has 2 rings (SSSR count). The van der Waals surface area contributed by atoms with E-state index in [0.29, 0.717) is 10.8 Å². The van der Waals surface area contributed by atoms with Gasteiger partial charge in [-0.15, -0.1) is 0 Å². The van der Waals surface area contributed by atoms with Gasteiger partial charge in [0.25, 0.3) is 0 Å². The summed E-state index contributed by atoms with van der Waals surface area (Å²) < 4.78 is 27.9. The molecule has 0 atom stereocenters. The van der Waals surface area contributed by atoms with Gasteiger partial charge in [0.1, 0.15) is 4.99 Å². The summed E-state index contributed by atoms with van der Waals surface area (Å²) in [6.07, 6.45) is 5.95. The Labute approximate surface area is 135 Å². The molecule has 7 heteroatoms. The smallest absolute Gasteiger partial charge is 0.241 e. The first-order valence-corrected chi connectivity index (χ1v) is 10.1. The minimum Gasteiger partial charge on any atom is -0.389 e. The number of hydrogen-bond acceptors (Lipinski definition) is 4. The van der Waals surface area contributed by atoms with E-state index in [1.165, 1.54) is 0 Å². The van der Waals surface area contributed by atoms with Crippen molar-refractivity contribution in [2.24, 2.45) is 5.73 Å². The van der Waals surface area contributed by atoms with Crippen LogP contribution in [0.5, 0.6) is 0 Å². The number of benzene rings is 1. The summed E-state index contributed by atoms with van der Waals surface area (Å²) in [7, 11) is -3.58. The molecule has 0 amide bonds. The summed E-state index contributed by atoms with van der Waals surface area (Å²) >= 11 is 6.79. The van der Waals surface area contributed by atoms with E-state index in [0.717, 1.165) is 25.7 Å². The second-order valence-electron chi connectivity index (χ2n) is 5.19. The molecule has 4 nitrogen and oxygen atoms in total. The van der Waals surface area contributed by atoms with E-state index in [-0.39, 0.29) is 15.9 Å². The lowest BCUT2D eigenvalue weighted by Gasteiger charge is -2.28. The fourth-order valence-electron chi connectivity index (χ4n) is 2.60. The molecule has 1 aliphatic rings. The van der Waals surface area contributed by atoms with Gasteiger partial charge in [0.15, 0.2) is 0 Å². The van der Waals surface area contributed by atoms with E-state index in [1.807, 2.05) is 11.8 Å². The van der Waals surface area contributed by atoms with Crippen molar-refractivity contribution in [3.8, 4) is 0 Å². The molecule has 0 heterocycles. The Morgan fingerprint density at radius 3 is 2.48 bits per heavy atom. The summed E-state index contributed by atoms with van der Waals surface area (Å²) in [5, 5.41) is 0.648. The second-order valence-corrected chi connectivity index (χ2v) is 8.45. The van der Waals surface area contributed by atoms with Gasteiger partial charge in [0.05, 0.1) is 4.90 Å². The maximum absolute atomic E-state index is 12.5. The van der Waals surface area contributed by atoms with Gasteiger partial charge in [-0.25, -0.2) is 13.1 Å². The van der Waals surface area contributed by atoms with Gasteiger partial charge in [-0.1, -0.05) is 30.4 Å². The lowest BCUT2D eigenvalue weighted by molar-refractivity contribution is 0.420. The Kier molecular flexibility index (Phi) is 5.65. The summed E-state index contributed by atoms with van der Waals surface area (Å²) in [6, 6.07) is 6.60. The number of thiocarbonyl (C=S) groups is 1. The van der Waals surface area contributed by atoms with Crippen LogP contribution in [0, 0.1) is 0 Å². The highest BCUT2D eigenvalue weighted by molar-refractivity contribution is 7.99. The maximum atomic E-state index is 12.5. The minimum absolute atomic E-state index is 0.00204. The number of nitrogens with one attached hydrogen (secondary N) is 1. The molecule has 0 spiro atoms. The van der Waals surface area contributed by atoms with E-state index in [2.05, 4.69) is 11.0 Å². The Balaban J connectivity index is 2.15. The van der Waals surface area contributed by atoms with Gasteiger partial charge in [-0.2, -0.15) is 11.8 Å². The molecule has 0 aliphatic heterocycles. The molecule has 1 saturated carbocycles. The van der Waals surface area contributed by atoms with Crippen molar-refractivity contribution in [1.29, 1.82) is 0 Å². The number of rotatable bonds is 5. The maximum Gasteiger partial charge on any atom is 0.241 e. The van der Waals surface area contributed by atoms with Crippen LogP contribution in [-0.4, -0.2) is 31.0 Å². The standard InChI is InChI=1S/C14H20N2O2S3/c1-20-11-8-6-10(7-9-11)16-21(17,18)13-5-3-2-4-12(13)14(15)19/h2-5,10-11,16H,6-9H2,1H3,(H2,15,19). The van der Waals surface area contributed by atoms with Gasteiger partial charge < -0.3 is 5.73 Å². The molecular weight excluding hydrogens is 324 g/mol. The van der Waals surface area contributed by atoms with Crippen LogP contribution in [0.2, 0.25) is 0 Å². The van der Waals surface area contributed by atoms with Crippen molar-refractivity contribution < 1.29 is 8.42 Å². The molecule has 0 radical (unpaired) electrons. The Bertz CT molecular complexity index is 608. The van der Waals surface area contributed by atoms with E-state index in [1.54, 1.807) is 24.3 Å². The molecule has 0 bridgehead atoms. The molecule has 1 aliphatic carbocycles. The fourth-order valence-corrected chi connectivity index (χ4v) is 5.12. The Morgan fingerprint density at radius 2 is 1.90 bits per heavy atom. The lowest BCUT2D eigenvalue weighted by Crippen LogP contribution is -2.38. The summed E-state index contributed by atoms with van der Waals surface area (Å²) in [4.78, 5) is 0.270. The number of thioether (sulfide) groups is 1. The van der Waals surface area contributed by atoms with E-state index < -0.39 is 10.0 Å². The monoisotopic (exact) mass is 344 g/mol. The molecule has 0 unspecified atom stereocenters. The third-order valence-corrected chi connectivity index (χ3v) is 6.71. The van der Waals surface area contributed by atoms with Crippen LogP contribution in [0.15, 0.2) is 29.2 Å². The summed E-state index contributed by atoms with van der Waals surface area (Å²) in [5.74, 6) is 0. The Hall–Kier alpha value is -0.630. The van der Waals surface area contributed by atoms with Crippen molar-refractivity contribution in [2.75, 3.05) is 6.26 Å². The molecular formula is C14H20N2O2S3. The highest BCUT2D eigenvalue weighted by Crippen LogP contribution is 2.28. The normalized spacial score (nSPS) is 22.9. The van der Waals surface area contributed by atoms with Crippen LogP contribution in [-0.2, 0) is 10.0 Å². The van der Waals surface area contributed by atoms with Crippen LogP contribution < -0.4 is 10.5 Å². The lowest BCUT2D eigenvalue weighted by atomic mass is 9.96. The fraction of sp³-hybridized carbons (Fsp3) is 0.500. The Morgan fingerprint density at radius 1 is 1.29 bits per heavy atom. The highest BCUT2D eigenvalue weighted by Gasteiger charge is 2.26. The molecule has 116 valence electrons. The van der Waals surface area contributed by atoms with Crippen molar-refractivity contribution in [1.82, 2.24) is 4.72 Å². The number of sulfonamides is 1. The van der Waals surface area contributed by atoms with E-state index >= 15 is 0 Å². The zero-order chi connectivity index (χ0) is 15.5. The van der Waals surface area contributed by atoms with Crippen molar-refractivity contribution in [3.63, 3.8) is 0 Å². The predicted octanol–water partition coefficient (Wildman–Crippen LogP) is 2.27. The van der Waals surface area contributed by atoms with Gasteiger partial charge in [-0.05, 0) is 38.0 Å². The third kappa shape index (κ3) is 4.18. The summed E-state index contributed by atoms with van der Waals surface area (Å²) in [5.41, 5.74) is 6.02. The van der Waals surface area contributed by atoms with Gasteiger partial charge in [0, 0.05) is 16.9 Å². The van der Waals surface area contributed by atoms with Crippen molar-refractivity contribution in [2.45, 2.75) is 41.9 Å². The zero-order valence-electron chi connectivity index (χ0n) is 11.9. The minimum atomic E-state index is -3.58. The van der Waals surface area contributed by atoms with Gasteiger partial charge >= 0.3 is 0 Å². The van der Waals surface area contributed by atoms with Crippen LogP contribution in [0.4, 0.5) is 0 Å². The quantitative estimate of drug-likeness (QED) is 0.802. The third-order valence-electron chi connectivity index (χ3n) is 3.77. The van der Waals surface area contributed by atoms with Crippen LogP contribution in [0.3, 0.4) is 0 Å². The first-order valence-electron chi connectivity index (χ1n) is 6.88. The molecule has 1 fully saturated rings. The summed E-state index contributed by atoms with van der Waals surface area (Å²) in [6.45, 7) is 0. The van der Waals surface area contributed by atoms with Crippen molar-refractivity contribution >= 4 is 39.0 Å². The van der Waals surface area contributed by atoms with Crippen molar-refractivity contribution in [3.05, 3.63) is 29.8 Å². The molecule has 0 aromatic heterocycles. The SMILES string of the molecule is CSC1CCC(NS(=O)(=O)c2ccccc2C(N)=S)CC1. The average molecular weight is 345 g/mol. The van der Waals surface area contributed by atoms with E-state index in [4.69, 9.17) is 18.0 Å². The zero-order valence-corrected chi connectivity index (χ0v) is 14.4. The second kappa shape index (κ2) is 7.09. The predicted molar refractivity (Wildman–Crippen MR) is 92.2 cm³/mol. The first-order chi connectivity index (χ1) is 9.94. The topological polar surface area (TPSA) is 72.2 Å². The van der Waals surface area contributed by atoms with Gasteiger partial charge in [-0.3, -0.25) is 0 Å². The molecule has 21 heavy (non-hydrogen) atoms. The molecule has 1 aromatic carbocycles. The van der Waals surface area contributed by atoms with Crippen LogP contribution >= 0.6 is 24.0 Å². The molecule has 0 saturated heterocycles. The molecule has 1 aromatic rings. The first kappa shape index (κ1) is 16.7. The van der Waals surface area contributed by atoms with Crippen LogP contribution in [0.1, 0.15) is 31.2 Å². The van der Waals surface area contributed by atoms with Gasteiger partial charge in [0.2, 0.25) is 10.0 Å². The van der Waals surface area contributed by atoms with E-state index in [9.17, 15) is 8.42 Å². The number of nitrogens with two attached hydrogens (primary N) is 1.